The van der Waals surface area contributed by atoms with Crippen LogP contribution in [-0.4, -0.2) is 74.2 Å². The third kappa shape index (κ3) is 8.79. The average Bonchev–Trinajstić information content (AvgIpc) is 2.53. The van der Waals surface area contributed by atoms with E-state index in [1.54, 1.807) is 18.2 Å². The van der Waals surface area contributed by atoms with Crippen molar-refractivity contribution in [3.05, 3.63) is 35.9 Å². The predicted molar refractivity (Wildman–Crippen MR) is 69.0 cm³/mol. The molecule has 120 valence electrons. The van der Waals surface area contributed by atoms with Gasteiger partial charge >= 0.3 is 29.6 Å². The summed E-state index contributed by atoms with van der Waals surface area (Å²) in [4.78, 5) is 10.1. The number of hydrogen-bond acceptors (Lipinski definition) is 8. The van der Waals surface area contributed by atoms with Gasteiger partial charge in [-0.1, -0.05) is 30.3 Å². The molecule has 0 aliphatic carbocycles. The van der Waals surface area contributed by atoms with Crippen LogP contribution in [0.25, 0.3) is 0 Å². The molecular formula is C13H19NaO8. The van der Waals surface area contributed by atoms with Gasteiger partial charge in [0.1, 0.15) is 24.4 Å². The van der Waals surface area contributed by atoms with Gasteiger partial charge in [0.2, 0.25) is 0 Å². The molecule has 0 heterocycles. The van der Waals surface area contributed by atoms with E-state index in [-0.39, 0.29) is 35.1 Å². The molecule has 0 saturated heterocycles. The van der Waals surface area contributed by atoms with Crippen LogP contribution in [0.3, 0.4) is 0 Å². The Morgan fingerprint density at radius 1 is 0.909 bits per heavy atom. The maximum Gasteiger partial charge on any atom is 1.00 e. The summed E-state index contributed by atoms with van der Waals surface area (Å²) in [7, 11) is 0. The van der Waals surface area contributed by atoms with Gasteiger partial charge in [0, 0.05) is 0 Å². The zero-order valence-corrected chi connectivity index (χ0v) is 14.1. The van der Waals surface area contributed by atoms with Crippen molar-refractivity contribution in [3.63, 3.8) is 0 Å². The molecular weight excluding hydrogens is 307 g/mol. The maximum atomic E-state index is 10.1. The Balaban J connectivity index is 0. The van der Waals surface area contributed by atoms with Crippen LogP contribution in [0.2, 0.25) is 0 Å². The van der Waals surface area contributed by atoms with Crippen molar-refractivity contribution in [3.8, 4) is 0 Å². The molecule has 0 fully saturated rings. The topological polar surface area (TPSA) is 162 Å². The Kier molecular flexibility index (Phi) is 13.9. The van der Waals surface area contributed by atoms with E-state index in [0.717, 1.165) is 0 Å². The number of benzene rings is 1. The quantitative estimate of drug-likeness (QED) is 0.281. The first kappa shape index (κ1) is 23.7. The Morgan fingerprint density at radius 2 is 1.27 bits per heavy atom. The van der Waals surface area contributed by atoms with Crippen LogP contribution in [-0.2, 0) is 0 Å². The second-order valence-electron chi connectivity index (χ2n) is 4.13. The molecule has 0 amide bonds. The van der Waals surface area contributed by atoms with E-state index in [2.05, 4.69) is 0 Å². The third-order valence-electron chi connectivity index (χ3n) is 2.52. The summed E-state index contributed by atoms with van der Waals surface area (Å²) in [5, 5.41) is 62.3. The van der Waals surface area contributed by atoms with E-state index in [4.69, 9.17) is 30.6 Å². The molecule has 0 radical (unpaired) electrons. The molecule has 0 aromatic heterocycles. The van der Waals surface area contributed by atoms with Gasteiger partial charge in [-0.25, -0.2) is 0 Å². The van der Waals surface area contributed by atoms with Crippen molar-refractivity contribution in [2.45, 2.75) is 24.4 Å². The zero-order valence-electron chi connectivity index (χ0n) is 12.1. The first-order valence-corrected chi connectivity index (χ1v) is 6.05. The first-order chi connectivity index (χ1) is 9.84. The zero-order chi connectivity index (χ0) is 16.4. The molecule has 6 N–H and O–H groups in total. The SMILES string of the molecule is O=C([O-])c1ccccc1.OCC(O)C(O)C(O)C(O)CO.[Na+]. The number of aromatic carboxylic acids is 1. The number of carbonyl (C=O) groups is 1. The molecule has 8 nitrogen and oxygen atoms in total. The number of hydrogen-bond donors (Lipinski definition) is 6. The number of carboxylic acid groups (broad SMARTS) is 1. The molecule has 0 saturated carbocycles. The number of carbonyl (C=O) groups excluding carboxylic acids is 1. The summed E-state index contributed by atoms with van der Waals surface area (Å²) in [5.74, 6) is -1.13. The van der Waals surface area contributed by atoms with Gasteiger partial charge in [0.15, 0.2) is 0 Å². The van der Waals surface area contributed by atoms with Crippen LogP contribution in [0.5, 0.6) is 0 Å². The molecule has 1 aromatic rings. The van der Waals surface area contributed by atoms with E-state index in [9.17, 15) is 9.90 Å². The summed E-state index contributed by atoms with van der Waals surface area (Å²) in [5.41, 5.74) is 0.220. The first-order valence-electron chi connectivity index (χ1n) is 6.05. The Hall–Kier alpha value is -0.550. The number of carboxylic acids is 1. The minimum absolute atomic E-state index is 0. The standard InChI is InChI=1S/C7H6O2.C6H14O6.Na/c8-7(9)6-4-2-1-3-5-6;7-1-3(9)5(11)6(12)4(10)2-8;/h1-5H,(H,8,9);3-12H,1-2H2;/q;;+1/p-1. The van der Waals surface area contributed by atoms with Crippen molar-refractivity contribution in [1.82, 2.24) is 0 Å². The molecule has 4 atom stereocenters. The molecule has 1 aromatic carbocycles. The second-order valence-corrected chi connectivity index (χ2v) is 4.13. The van der Waals surface area contributed by atoms with E-state index in [1.807, 2.05) is 0 Å². The van der Waals surface area contributed by atoms with Crippen molar-refractivity contribution in [2.24, 2.45) is 0 Å². The van der Waals surface area contributed by atoms with Gasteiger partial charge in [0.05, 0.1) is 19.2 Å². The van der Waals surface area contributed by atoms with Crippen LogP contribution in [0.1, 0.15) is 10.4 Å². The Labute approximate surface area is 149 Å². The molecule has 0 spiro atoms. The van der Waals surface area contributed by atoms with Crippen LogP contribution >= 0.6 is 0 Å². The fraction of sp³-hybridized carbons (Fsp3) is 0.462. The molecule has 9 heteroatoms. The van der Waals surface area contributed by atoms with E-state index in [1.165, 1.54) is 12.1 Å². The van der Waals surface area contributed by atoms with Crippen LogP contribution in [0.15, 0.2) is 30.3 Å². The predicted octanol–water partition coefficient (Wildman–Crippen LogP) is -6.53. The van der Waals surface area contributed by atoms with Crippen molar-refractivity contribution >= 4 is 5.97 Å². The molecule has 0 bridgehead atoms. The van der Waals surface area contributed by atoms with Crippen LogP contribution < -0.4 is 34.7 Å². The molecule has 0 aliphatic rings. The van der Waals surface area contributed by atoms with Crippen molar-refractivity contribution in [2.75, 3.05) is 13.2 Å². The minimum atomic E-state index is -1.67. The van der Waals surface area contributed by atoms with Gasteiger partial charge in [-0.15, -0.1) is 0 Å². The summed E-state index contributed by atoms with van der Waals surface area (Å²) >= 11 is 0. The number of rotatable bonds is 6. The fourth-order valence-electron chi connectivity index (χ4n) is 1.25. The van der Waals surface area contributed by atoms with E-state index in [0.29, 0.717) is 0 Å². The van der Waals surface area contributed by atoms with Crippen LogP contribution in [0, 0.1) is 0 Å². The monoisotopic (exact) mass is 326 g/mol. The second kappa shape index (κ2) is 12.9. The fourth-order valence-corrected chi connectivity index (χ4v) is 1.25. The number of aliphatic hydroxyl groups excluding tert-OH is 6. The molecule has 1 rings (SSSR count). The number of aliphatic hydroxyl groups is 6. The van der Waals surface area contributed by atoms with E-state index < -0.39 is 43.6 Å². The van der Waals surface area contributed by atoms with Gasteiger partial charge in [0.25, 0.3) is 0 Å². The molecule has 0 aliphatic heterocycles. The Morgan fingerprint density at radius 3 is 1.50 bits per heavy atom. The molecule has 4 unspecified atom stereocenters. The van der Waals surface area contributed by atoms with Gasteiger partial charge in [-0.3, -0.25) is 0 Å². The molecule has 22 heavy (non-hydrogen) atoms. The summed E-state index contributed by atoms with van der Waals surface area (Å²) in [6, 6.07) is 8.06. The van der Waals surface area contributed by atoms with Crippen LogP contribution in [0.4, 0.5) is 0 Å². The Bertz CT molecular complexity index is 388. The third-order valence-corrected chi connectivity index (χ3v) is 2.52. The summed E-state index contributed by atoms with van der Waals surface area (Å²) < 4.78 is 0. The van der Waals surface area contributed by atoms with E-state index >= 15 is 0 Å². The summed E-state index contributed by atoms with van der Waals surface area (Å²) in [6.45, 7) is -1.45. The smallest absolute Gasteiger partial charge is 0.545 e. The maximum absolute atomic E-state index is 10.1. The van der Waals surface area contributed by atoms with Gasteiger partial charge < -0.3 is 40.5 Å². The van der Waals surface area contributed by atoms with Gasteiger partial charge in [-0.05, 0) is 5.56 Å². The minimum Gasteiger partial charge on any atom is -0.545 e. The summed E-state index contributed by atoms with van der Waals surface area (Å²) in [6.07, 6.45) is -6.39. The normalized spacial score (nSPS) is 15.4. The van der Waals surface area contributed by atoms with Crippen molar-refractivity contribution < 1.29 is 70.1 Å². The van der Waals surface area contributed by atoms with Gasteiger partial charge in [-0.2, -0.15) is 0 Å². The largest absolute Gasteiger partial charge is 1.00 e. The average molecular weight is 326 g/mol. The van der Waals surface area contributed by atoms with Crippen molar-refractivity contribution in [1.29, 1.82) is 0 Å².